The van der Waals surface area contributed by atoms with Crippen LogP contribution in [0.1, 0.15) is 39.4 Å². The van der Waals surface area contributed by atoms with Crippen LogP contribution in [0.2, 0.25) is 0 Å². The van der Waals surface area contributed by atoms with Gasteiger partial charge in [0.1, 0.15) is 0 Å². The molecule has 1 rings (SSSR count). The van der Waals surface area contributed by atoms with E-state index in [2.05, 4.69) is 18.9 Å². The van der Waals surface area contributed by atoms with Crippen LogP contribution >= 0.6 is 0 Å². The Morgan fingerprint density at radius 2 is 2.06 bits per heavy atom. The van der Waals surface area contributed by atoms with Gasteiger partial charge in [-0.15, -0.1) is 0 Å². The van der Waals surface area contributed by atoms with E-state index in [1.165, 1.54) is 0 Å². The lowest BCUT2D eigenvalue weighted by Gasteiger charge is -2.13. The van der Waals surface area contributed by atoms with Gasteiger partial charge in [-0.1, -0.05) is 0 Å². The molecule has 0 aliphatic rings. The summed E-state index contributed by atoms with van der Waals surface area (Å²) < 4.78 is 7.42. The summed E-state index contributed by atoms with van der Waals surface area (Å²) in [6.45, 7) is 8.84. The van der Waals surface area contributed by atoms with Crippen LogP contribution in [-0.4, -0.2) is 28.5 Å². The van der Waals surface area contributed by atoms with Gasteiger partial charge in [-0.05, 0) is 33.8 Å². The summed E-state index contributed by atoms with van der Waals surface area (Å²) in [6.07, 6.45) is 3.00. The minimum atomic E-state index is 0.0258. The van der Waals surface area contributed by atoms with Gasteiger partial charge in [-0.3, -0.25) is 4.68 Å². The molecule has 16 heavy (non-hydrogen) atoms. The highest BCUT2D eigenvalue weighted by molar-refractivity contribution is 5.01. The van der Waals surface area contributed by atoms with Crippen LogP contribution in [0.3, 0.4) is 0 Å². The summed E-state index contributed by atoms with van der Waals surface area (Å²) >= 11 is 0. The fraction of sp³-hybridized carbons (Fsp3) is 0.750. The van der Waals surface area contributed by atoms with Crippen LogP contribution in [0.25, 0.3) is 0 Å². The summed E-state index contributed by atoms with van der Waals surface area (Å²) in [4.78, 5) is 0. The van der Waals surface area contributed by atoms with Crippen LogP contribution in [0, 0.1) is 0 Å². The molecule has 0 aliphatic carbocycles. The Balaban J connectivity index is 2.40. The predicted octanol–water partition coefficient (Wildman–Crippen LogP) is 1.76. The maximum atomic E-state index is 5.97. The molecule has 0 saturated carbocycles. The van der Waals surface area contributed by atoms with Gasteiger partial charge in [0.25, 0.3) is 0 Å². The van der Waals surface area contributed by atoms with E-state index < -0.39 is 0 Å². The van der Waals surface area contributed by atoms with Gasteiger partial charge in [-0.2, -0.15) is 5.10 Å². The van der Waals surface area contributed by atoms with E-state index in [1.807, 2.05) is 30.8 Å². The molecule has 0 saturated heterocycles. The Morgan fingerprint density at radius 1 is 1.38 bits per heavy atom. The molecular formula is C12H23N3O. The zero-order valence-corrected chi connectivity index (χ0v) is 10.7. The molecule has 2 N–H and O–H groups in total. The molecule has 1 aromatic rings. The normalized spacial score (nSPS) is 13.7. The number of nitrogens with zero attached hydrogens (tertiary/aromatic N) is 2. The number of hydrogen-bond donors (Lipinski definition) is 1. The molecule has 0 radical (unpaired) electrons. The first-order valence-electron chi connectivity index (χ1n) is 5.90. The van der Waals surface area contributed by atoms with Crippen molar-refractivity contribution < 1.29 is 4.74 Å². The van der Waals surface area contributed by atoms with Crippen molar-refractivity contribution in [3.63, 3.8) is 0 Å². The molecule has 0 aliphatic heterocycles. The Bertz CT molecular complexity index is 307. The minimum Gasteiger partial charge on any atom is -0.377 e. The van der Waals surface area contributed by atoms with Gasteiger partial charge >= 0.3 is 0 Å². The molecule has 0 spiro atoms. The first-order valence-corrected chi connectivity index (χ1v) is 5.90. The quantitative estimate of drug-likeness (QED) is 0.802. The fourth-order valence-corrected chi connectivity index (χ4v) is 1.42. The summed E-state index contributed by atoms with van der Waals surface area (Å²) in [7, 11) is 0. The van der Waals surface area contributed by atoms with Crippen molar-refractivity contribution in [2.24, 2.45) is 5.73 Å². The van der Waals surface area contributed by atoms with Crippen LogP contribution in [0.4, 0.5) is 0 Å². The highest BCUT2D eigenvalue weighted by atomic mass is 16.5. The molecule has 0 amide bonds. The lowest BCUT2D eigenvalue weighted by atomic mass is 10.2. The molecule has 0 fully saturated rings. The number of hydrogen-bond acceptors (Lipinski definition) is 3. The lowest BCUT2D eigenvalue weighted by molar-refractivity contribution is 0.0682. The van der Waals surface area contributed by atoms with Gasteiger partial charge in [0, 0.05) is 24.7 Å². The summed E-state index contributed by atoms with van der Waals surface area (Å²) in [5.41, 5.74) is 7.00. The number of rotatable bonds is 6. The van der Waals surface area contributed by atoms with E-state index in [1.54, 1.807) is 0 Å². The average molecular weight is 225 g/mol. The predicted molar refractivity (Wildman–Crippen MR) is 65.4 cm³/mol. The maximum Gasteiger partial charge on any atom is 0.0641 e. The smallest absolute Gasteiger partial charge is 0.0641 e. The Morgan fingerprint density at radius 3 is 2.56 bits per heavy atom. The van der Waals surface area contributed by atoms with Crippen LogP contribution < -0.4 is 5.73 Å². The number of nitrogens with two attached hydrogens (primary N) is 1. The second-order valence-corrected chi connectivity index (χ2v) is 4.73. The van der Waals surface area contributed by atoms with Crippen LogP contribution in [0.5, 0.6) is 0 Å². The number of ether oxygens (including phenoxy) is 1. The van der Waals surface area contributed by atoms with E-state index in [0.29, 0.717) is 12.6 Å². The largest absolute Gasteiger partial charge is 0.377 e. The van der Waals surface area contributed by atoms with Crippen molar-refractivity contribution in [1.82, 2.24) is 9.78 Å². The van der Waals surface area contributed by atoms with E-state index in [9.17, 15) is 0 Å². The van der Waals surface area contributed by atoms with Gasteiger partial charge in [0.05, 0.1) is 18.4 Å². The zero-order chi connectivity index (χ0) is 12.1. The standard InChI is InChI=1S/C12H23N3O/c1-9(2)15-6-5-12(14-15)7-11(13)8-16-10(3)4/h5-6,9-11H,7-8,13H2,1-4H3. The lowest BCUT2D eigenvalue weighted by Crippen LogP contribution is -2.30. The minimum absolute atomic E-state index is 0.0258. The van der Waals surface area contributed by atoms with E-state index in [-0.39, 0.29) is 12.1 Å². The van der Waals surface area contributed by atoms with Gasteiger partial charge < -0.3 is 10.5 Å². The first kappa shape index (κ1) is 13.2. The molecule has 92 valence electrons. The highest BCUT2D eigenvalue weighted by Gasteiger charge is 2.08. The molecular weight excluding hydrogens is 202 g/mol. The topological polar surface area (TPSA) is 53.1 Å². The molecule has 1 atom stereocenters. The highest BCUT2D eigenvalue weighted by Crippen LogP contribution is 2.06. The summed E-state index contributed by atoms with van der Waals surface area (Å²) in [5.74, 6) is 0. The van der Waals surface area contributed by atoms with Crippen molar-refractivity contribution in [2.45, 2.75) is 52.3 Å². The Labute approximate surface area is 97.8 Å². The molecule has 0 bridgehead atoms. The van der Waals surface area contributed by atoms with Crippen molar-refractivity contribution in [1.29, 1.82) is 0 Å². The third-order valence-corrected chi connectivity index (χ3v) is 2.31. The molecule has 4 heteroatoms. The van der Waals surface area contributed by atoms with E-state index >= 15 is 0 Å². The molecule has 4 nitrogen and oxygen atoms in total. The molecule has 1 heterocycles. The van der Waals surface area contributed by atoms with Crippen LogP contribution in [-0.2, 0) is 11.2 Å². The van der Waals surface area contributed by atoms with Crippen molar-refractivity contribution in [3.05, 3.63) is 18.0 Å². The Kier molecular flexibility index (Phi) is 4.96. The maximum absolute atomic E-state index is 5.97. The molecule has 1 aromatic heterocycles. The second-order valence-electron chi connectivity index (χ2n) is 4.73. The molecule has 1 unspecified atom stereocenters. The number of aromatic nitrogens is 2. The zero-order valence-electron chi connectivity index (χ0n) is 10.7. The second kappa shape index (κ2) is 6.01. The summed E-state index contributed by atoms with van der Waals surface area (Å²) in [6, 6.07) is 2.45. The summed E-state index contributed by atoms with van der Waals surface area (Å²) in [5, 5.41) is 4.46. The SMILES string of the molecule is CC(C)OCC(N)Cc1ccn(C(C)C)n1. The van der Waals surface area contributed by atoms with Gasteiger partial charge in [0.15, 0.2) is 0 Å². The van der Waals surface area contributed by atoms with E-state index in [4.69, 9.17) is 10.5 Å². The van der Waals surface area contributed by atoms with Crippen molar-refractivity contribution >= 4 is 0 Å². The van der Waals surface area contributed by atoms with Crippen molar-refractivity contribution in [3.8, 4) is 0 Å². The van der Waals surface area contributed by atoms with Crippen LogP contribution in [0.15, 0.2) is 12.3 Å². The van der Waals surface area contributed by atoms with Crippen molar-refractivity contribution in [2.75, 3.05) is 6.61 Å². The van der Waals surface area contributed by atoms with Gasteiger partial charge in [0.2, 0.25) is 0 Å². The average Bonchev–Trinajstić information content (AvgIpc) is 2.63. The third kappa shape index (κ3) is 4.33. The first-order chi connectivity index (χ1) is 7.49. The van der Waals surface area contributed by atoms with Gasteiger partial charge in [-0.25, -0.2) is 0 Å². The Hall–Kier alpha value is -0.870. The van der Waals surface area contributed by atoms with E-state index in [0.717, 1.165) is 12.1 Å². The fourth-order valence-electron chi connectivity index (χ4n) is 1.42. The molecule has 0 aromatic carbocycles. The monoisotopic (exact) mass is 225 g/mol. The third-order valence-electron chi connectivity index (χ3n) is 2.31.